The van der Waals surface area contributed by atoms with Gasteiger partial charge in [-0.25, -0.2) is 9.67 Å². The highest BCUT2D eigenvalue weighted by atomic mass is 15.3. The standard InChI is InChI=1S/C12H16N4/c1-3-5-11-14-12(16(2)15-11)9-6-4-7-10(13)8-9/h4,6-8H,3,5,13H2,1-2H3. The Morgan fingerprint density at radius 2 is 2.19 bits per heavy atom. The van der Waals surface area contributed by atoms with Crippen molar-refractivity contribution in [3.05, 3.63) is 30.1 Å². The van der Waals surface area contributed by atoms with Gasteiger partial charge in [-0.1, -0.05) is 19.1 Å². The Kier molecular flexibility index (Phi) is 2.90. The summed E-state index contributed by atoms with van der Waals surface area (Å²) in [6.07, 6.45) is 1.97. The van der Waals surface area contributed by atoms with Crippen molar-refractivity contribution in [1.82, 2.24) is 14.8 Å². The van der Waals surface area contributed by atoms with E-state index in [0.717, 1.165) is 35.7 Å². The maximum Gasteiger partial charge on any atom is 0.158 e. The van der Waals surface area contributed by atoms with Crippen LogP contribution in [0.5, 0.6) is 0 Å². The SMILES string of the molecule is CCCc1nc(-c2cccc(N)c2)n(C)n1. The second-order valence-corrected chi connectivity index (χ2v) is 3.85. The predicted molar refractivity (Wildman–Crippen MR) is 64.8 cm³/mol. The summed E-state index contributed by atoms with van der Waals surface area (Å²) in [7, 11) is 1.91. The van der Waals surface area contributed by atoms with E-state index in [2.05, 4.69) is 17.0 Å². The number of rotatable bonds is 3. The molecule has 1 aromatic heterocycles. The first-order valence-electron chi connectivity index (χ1n) is 5.46. The third-order valence-electron chi connectivity index (χ3n) is 2.43. The Morgan fingerprint density at radius 3 is 2.88 bits per heavy atom. The van der Waals surface area contributed by atoms with E-state index < -0.39 is 0 Å². The molecule has 0 atom stereocenters. The molecule has 0 unspecified atom stereocenters. The van der Waals surface area contributed by atoms with Gasteiger partial charge in [0.05, 0.1) is 0 Å². The van der Waals surface area contributed by atoms with Crippen molar-refractivity contribution in [2.24, 2.45) is 7.05 Å². The minimum atomic E-state index is 0.748. The Morgan fingerprint density at radius 1 is 1.38 bits per heavy atom. The number of hydrogen-bond donors (Lipinski definition) is 1. The van der Waals surface area contributed by atoms with E-state index in [1.807, 2.05) is 31.3 Å². The fourth-order valence-electron chi connectivity index (χ4n) is 1.70. The quantitative estimate of drug-likeness (QED) is 0.798. The molecule has 0 fully saturated rings. The monoisotopic (exact) mass is 216 g/mol. The summed E-state index contributed by atoms with van der Waals surface area (Å²) in [5, 5.41) is 4.37. The molecule has 2 N–H and O–H groups in total. The highest BCUT2D eigenvalue weighted by molar-refractivity contribution is 5.61. The molecule has 0 radical (unpaired) electrons. The molecule has 2 aromatic rings. The molecular weight excluding hydrogens is 200 g/mol. The van der Waals surface area contributed by atoms with E-state index in [0.29, 0.717) is 0 Å². The number of nitrogens with zero attached hydrogens (tertiary/aromatic N) is 3. The number of nitrogens with two attached hydrogens (primary N) is 1. The smallest absolute Gasteiger partial charge is 0.158 e. The molecule has 0 aliphatic carbocycles. The zero-order valence-corrected chi connectivity index (χ0v) is 9.64. The molecule has 0 saturated heterocycles. The highest BCUT2D eigenvalue weighted by Crippen LogP contribution is 2.19. The Labute approximate surface area is 95.1 Å². The van der Waals surface area contributed by atoms with Gasteiger partial charge in [-0.3, -0.25) is 0 Å². The van der Waals surface area contributed by atoms with Crippen LogP contribution in [0.15, 0.2) is 24.3 Å². The summed E-state index contributed by atoms with van der Waals surface area (Å²) in [5.41, 5.74) is 7.51. The molecular formula is C12H16N4. The lowest BCUT2D eigenvalue weighted by molar-refractivity contribution is 0.737. The second kappa shape index (κ2) is 4.35. The molecule has 1 heterocycles. The summed E-state index contributed by atoms with van der Waals surface area (Å²) in [6, 6.07) is 7.71. The summed E-state index contributed by atoms with van der Waals surface area (Å²) in [5.74, 6) is 1.76. The predicted octanol–water partition coefficient (Wildman–Crippen LogP) is 2.02. The first-order chi connectivity index (χ1) is 7.70. The first kappa shape index (κ1) is 10.7. The van der Waals surface area contributed by atoms with Crippen molar-refractivity contribution in [3.63, 3.8) is 0 Å². The van der Waals surface area contributed by atoms with Crippen molar-refractivity contribution in [2.45, 2.75) is 19.8 Å². The number of nitrogen functional groups attached to an aromatic ring is 1. The van der Waals surface area contributed by atoms with Gasteiger partial charge in [0.1, 0.15) is 0 Å². The van der Waals surface area contributed by atoms with Crippen LogP contribution in [0.4, 0.5) is 5.69 Å². The lowest BCUT2D eigenvalue weighted by Crippen LogP contribution is -1.95. The fourth-order valence-corrected chi connectivity index (χ4v) is 1.70. The molecule has 0 bridgehead atoms. The van der Waals surface area contributed by atoms with E-state index >= 15 is 0 Å². The van der Waals surface area contributed by atoms with E-state index in [1.54, 1.807) is 4.68 Å². The van der Waals surface area contributed by atoms with Crippen LogP contribution in [0, 0.1) is 0 Å². The minimum absolute atomic E-state index is 0.748. The number of anilines is 1. The first-order valence-corrected chi connectivity index (χ1v) is 5.46. The van der Waals surface area contributed by atoms with Crippen molar-refractivity contribution < 1.29 is 0 Å². The zero-order chi connectivity index (χ0) is 11.5. The molecule has 0 saturated carbocycles. The molecule has 2 rings (SSSR count). The van der Waals surface area contributed by atoms with Crippen LogP contribution in [0.1, 0.15) is 19.2 Å². The Bertz CT molecular complexity index is 488. The topological polar surface area (TPSA) is 56.7 Å². The Balaban J connectivity index is 2.40. The zero-order valence-electron chi connectivity index (χ0n) is 9.64. The lowest BCUT2D eigenvalue weighted by Gasteiger charge is -2.00. The lowest BCUT2D eigenvalue weighted by atomic mass is 10.2. The van der Waals surface area contributed by atoms with E-state index in [1.165, 1.54) is 0 Å². The molecule has 1 aromatic carbocycles. The maximum absolute atomic E-state index is 5.75. The van der Waals surface area contributed by atoms with Gasteiger partial charge in [0.2, 0.25) is 0 Å². The van der Waals surface area contributed by atoms with Crippen molar-refractivity contribution in [3.8, 4) is 11.4 Å². The molecule has 0 aliphatic rings. The van der Waals surface area contributed by atoms with Gasteiger partial charge in [-0.2, -0.15) is 5.10 Å². The number of aromatic nitrogens is 3. The molecule has 16 heavy (non-hydrogen) atoms. The van der Waals surface area contributed by atoms with Crippen LogP contribution in [0.3, 0.4) is 0 Å². The van der Waals surface area contributed by atoms with E-state index in [9.17, 15) is 0 Å². The molecule has 0 aliphatic heterocycles. The van der Waals surface area contributed by atoms with Gasteiger partial charge in [0.25, 0.3) is 0 Å². The van der Waals surface area contributed by atoms with Gasteiger partial charge in [0.15, 0.2) is 11.6 Å². The number of aryl methyl sites for hydroxylation is 2. The average molecular weight is 216 g/mol. The van der Waals surface area contributed by atoms with Crippen LogP contribution >= 0.6 is 0 Å². The van der Waals surface area contributed by atoms with Gasteiger partial charge in [-0.15, -0.1) is 0 Å². The van der Waals surface area contributed by atoms with E-state index in [4.69, 9.17) is 5.73 Å². The fraction of sp³-hybridized carbons (Fsp3) is 0.333. The normalized spacial score (nSPS) is 10.6. The molecule has 0 amide bonds. The molecule has 4 nitrogen and oxygen atoms in total. The van der Waals surface area contributed by atoms with Crippen LogP contribution in [-0.2, 0) is 13.5 Å². The van der Waals surface area contributed by atoms with Gasteiger partial charge >= 0.3 is 0 Å². The third-order valence-corrected chi connectivity index (χ3v) is 2.43. The average Bonchev–Trinajstić information content (AvgIpc) is 2.60. The maximum atomic E-state index is 5.75. The van der Waals surface area contributed by atoms with Crippen molar-refractivity contribution in [2.75, 3.05) is 5.73 Å². The van der Waals surface area contributed by atoms with Gasteiger partial charge in [0, 0.05) is 24.7 Å². The van der Waals surface area contributed by atoms with Crippen molar-refractivity contribution in [1.29, 1.82) is 0 Å². The summed E-state index contributed by atoms with van der Waals surface area (Å²) in [4.78, 5) is 4.51. The molecule has 84 valence electrons. The van der Waals surface area contributed by atoms with Crippen LogP contribution in [-0.4, -0.2) is 14.8 Å². The summed E-state index contributed by atoms with van der Waals surface area (Å²) >= 11 is 0. The van der Waals surface area contributed by atoms with E-state index in [-0.39, 0.29) is 0 Å². The molecule has 0 spiro atoms. The Hall–Kier alpha value is -1.84. The largest absolute Gasteiger partial charge is 0.399 e. The van der Waals surface area contributed by atoms with Gasteiger partial charge in [-0.05, 0) is 18.6 Å². The van der Waals surface area contributed by atoms with Crippen LogP contribution < -0.4 is 5.73 Å². The highest BCUT2D eigenvalue weighted by Gasteiger charge is 2.08. The minimum Gasteiger partial charge on any atom is -0.399 e. The number of hydrogen-bond acceptors (Lipinski definition) is 3. The van der Waals surface area contributed by atoms with Crippen molar-refractivity contribution >= 4 is 5.69 Å². The third kappa shape index (κ3) is 2.05. The second-order valence-electron chi connectivity index (χ2n) is 3.85. The number of benzene rings is 1. The summed E-state index contributed by atoms with van der Waals surface area (Å²) in [6.45, 7) is 2.12. The molecule has 4 heteroatoms. The summed E-state index contributed by atoms with van der Waals surface area (Å²) < 4.78 is 1.81. The van der Waals surface area contributed by atoms with Crippen LogP contribution in [0.2, 0.25) is 0 Å². The van der Waals surface area contributed by atoms with Crippen LogP contribution in [0.25, 0.3) is 11.4 Å². The van der Waals surface area contributed by atoms with Gasteiger partial charge < -0.3 is 5.73 Å².